The second-order valence-corrected chi connectivity index (χ2v) is 5.26. The molecule has 0 unspecified atom stereocenters. The van der Waals surface area contributed by atoms with Crippen molar-refractivity contribution in [2.24, 2.45) is 11.7 Å². The molecule has 3 N–H and O–H groups in total. The summed E-state index contributed by atoms with van der Waals surface area (Å²) in [4.78, 5) is 11.5. The standard InChI is InChI=1S/C15H21FN2O/c16-12-6-4-5-11(9-12)10-18-14-8-3-1-2-7-13(14)15(17)19/h4-6,9,13-14,18H,1-3,7-8,10H2,(H2,17,19)/t13-,14+/m1/s1. The minimum atomic E-state index is -0.230. The Morgan fingerprint density at radius 1 is 1.32 bits per heavy atom. The van der Waals surface area contributed by atoms with Gasteiger partial charge in [-0.15, -0.1) is 0 Å². The number of nitrogens with two attached hydrogens (primary N) is 1. The van der Waals surface area contributed by atoms with Gasteiger partial charge in [0.15, 0.2) is 0 Å². The minimum absolute atomic E-state index is 0.101. The second kappa shape index (κ2) is 6.66. The normalized spacial score (nSPS) is 23.8. The Balaban J connectivity index is 1.97. The van der Waals surface area contributed by atoms with Crippen molar-refractivity contribution in [3.05, 3.63) is 35.6 Å². The minimum Gasteiger partial charge on any atom is -0.369 e. The van der Waals surface area contributed by atoms with Gasteiger partial charge in [-0.25, -0.2) is 4.39 Å². The summed E-state index contributed by atoms with van der Waals surface area (Å²) in [5.74, 6) is -0.554. The summed E-state index contributed by atoms with van der Waals surface area (Å²) >= 11 is 0. The van der Waals surface area contributed by atoms with Gasteiger partial charge in [-0.1, -0.05) is 31.4 Å². The molecular formula is C15H21FN2O. The zero-order valence-corrected chi connectivity index (χ0v) is 11.1. The fraction of sp³-hybridized carbons (Fsp3) is 0.533. The van der Waals surface area contributed by atoms with Gasteiger partial charge < -0.3 is 11.1 Å². The van der Waals surface area contributed by atoms with E-state index in [0.29, 0.717) is 6.54 Å². The second-order valence-electron chi connectivity index (χ2n) is 5.26. The molecule has 1 aliphatic rings. The maximum Gasteiger partial charge on any atom is 0.222 e. The van der Waals surface area contributed by atoms with Crippen LogP contribution in [-0.4, -0.2) is 11.9 Å². The van der Waals surface area contributed by atoms with Crippen LogP contribution >= 0.6 is 0 Å². The lowest BCUT2D eigenvalue weighted by atomic mass is 9.94. The van der Waals surface area contributed by atoms with E-state index in [2.05, 4.69) is 5.32 Å². The van der Waals surface area contributed by atoms with E-state index < -0.39 is 0 Å². The van der Waals surface area contributed by atoms with Gasteiger partial charge in [0.1, 0.15) is 5.82 Å². The molecule has 0 saturated heterocycles. The summed E-state index contributed by atoms with van der Waals surface area (Å²) in [7, 11) is 0. The van der Waals surface area contributed by atoms with Gasteiger partial charge in [0.05, 0.1) is 5.92 Å². The third-order valence-corrected chi connectivity index (χ3v) is 3.84. The van der Waals surface area contributed by atoms with Crippen LogP contribution in [0.2, 0.25) is 0 Å². The van der Waals surface area contributed by atoms with Crippen LogP contribution in [0, 0.1) is 11.7 Å². The number of nitrogens with one attached hydrogen (secondary N) is 1. The summed E-state index contributed by atoms with van der Waals surface area (Å²) in [6.07, 6.45) is 5.15. The van der Waals surface area contributed by atoms with Crippen molar-refractivity contribution in [3.8, 4) is 0 Å². The molecule has 0 bridgehead atoms. The first-order chi connectivity index (χ1) is 9.16. The van der Waals surface area contributed by atoms with Crippen LogP contribution in [0.3, 0.4) is 0 Å². The predicted octanol–water partition coefficient (Wildman–Crippen LogP) is 2.35. The molecule has 104 valence electrons. The van der Waals surface area contributed by atoms with Crippen LogP contribution in [-0.2, 0) is 11.3 Å². The smallest absolute Gasteiger partial charge is 0.222 e. The lowest BCUT2D eigenvalue weighted by Gasteiger charge is -2.23. The zero-order chi connectivity index (χ0) is 13.7. The summed E-state index contributed by atoms with van der Waals surface area (Å²) < 4.78 is 13.1. The van der Waals surface area contributed by atoms with Crippen LogP contribution in [0.25, 0.3) is 0 Å². The van der Waals surface area contributed by atoms with Crippen molar-refractivity contribution < 1.29 is 9.18 Å². The van der Waals surface area contributed by atoms with E-state index >= 15 is 0 Å². The lowest BCUT2D eigenvalue weighted by Crippen LogP contribution is -2.41. The Morgan fingerprint density at radius 2 is 2.11 bits per heavy atom. The average molecular weight is 264 g/mol. The van der Waals surface area contributed by atoms with E-state index in [4.69, 9.17) is 5.73 Å². The van der Waals surface area contributed by atoms with Gasteiger partial charge in [0.25, 0.3) is 0 Å². The lowest BCUT2D eigenvalue weighted by molar-refractivity contribution is -0.122. The predicted molar refractivity (Wildman–Crippen MR) is 72.8 cm³/mol. The quantitative estimate of drug-likeness (QED) is 0.820. The summed E-state index contributed by atoms with van der Waals surface area (Å²) in [5.41, 5.74) is 6.38. The molecule has 1 aromatic carbocycles. The molecule has 0 spiro atoms. The van der Waals surface area contributed by atoms with Crippen molar-refractivity contribution in [2.75, 3.05) is 0 Å². The molecule has 2 rings (SSSR count). The zero-order valence-electron chi connectivity index (χ0n) is 11.1. The van der Waals surface area contributed by atoms with Crippen LogP contribution in [0.4, 0.5) is 4.39 Å². The van der Waals surface area contributed by atoms with E-state index in [1.165, 1.54) is 12.1 Å². The molecule has 1 aliphatic carbocycles. The van der Waals surface area contributed by atoms with E-state index in [1.807, 2.05) is 6.07 Å². The van der Waals surface area contributed by atoms with Crippen molar-refractivity contribution >= 4 is 5.91 Å². The molecule has 2 atom stereocenters. The number of carbonyl (C=O) groups excluding carboxylic acids is 1. The monoisotopic (exact) mass is 264 g/mol. The highest BCUT2D eigenvalue weighted by molar-refractivity contribution is 5.77. The Bertz CT molecular complexity index is 436. The largest absolute Gasteiger partial charge is 0.369 e. The number of halogens is 1. The van der Waals surface area contributed by atoms with Gasteiger partial charge >= 0.3 is 0 Å². The molecule has 19 heavy (non-hydrogen) atoms. The first kappa shape index (κ1) is 14.0. The van der Waals surface area contributed by atoms with Crippen molar-refractivity contribution in [2.45, 2.75) is 44.7 Å². The van der Waals surface area contributed by atoms with Crippen molar-refractivity contribution in [3.63, 3.8) is 0 Å². The molecule has 1 aromatic rings. The molecule has 0 aromatic heterocycles. The molecule has 3 nitrogen and oxygen atoms in total. The SMILES string of the molecule is NC(=O)[C@@H]1CCCCC[C@@H]1NCc1cccc(F)c1. The molecular weight excluding hydrogens is 243 g/mol. The van der Waals surface area contributed by atoms with Gasteiger partial charge in [0, 0.05) is 12.6 Å². The fourth-order valence-electron chi connectivity index (χ4n) is 2.79. The van der Waals surface area contributed by atoms with Crippen LogP contribution < -0.4 is 11.1 Å². The number of amides is 1. The number of hydrogen-bond acceptors (Lipinski definition) is 2. The van der Waals surface area contributed by atoms with Gasteiger partial charge in [0.2, 0.25) is 5.91 Å². The van der Waals surface area contributed by atoms with Gasteiger partial charge in [-0.2, -0.15) is 0 Å². The highest BCUT2D eigenvalue weighted by Gasteiger charge is 2.27. The van der Waals surface area contributed by atoms with Gasteiger partial charge in [-0.3, -0.25) is 4.79 Å². The van der Waals surface area contributed by atoms with E-state index in [1.54, 1.807) is 6.07 Å². The number of rotatable bonds is 4. The Labute approximate surface area is 113 Å². The van der Waals surface area contributed by atoms with Crippen LogP contribution in [0.15, 0.2) is 24.3 Å². The van der Waals surface area contributed by atoms with E-state index in [9.17, 15) is 9.18 Å². The topological polar surface area (TPSA) is 55.1 Å². The summed E-state index contributed by atoms with van der Waals surface area (Å²) in [5, 5.41) is 3.37. The molecule has 0 aliphatic heterocycles. The van der Waals surface area contributed by atoms with Gasteiger partial charge in [-0.05, 0) is 30.5 Å². The number of primary amides is 1. The molecule has 1 fully saturated rings. The molecule has 1 saturated carbocycles. The first-order valence-corrected chi connectivity index (χ1v) is 6.94. The molecule has 1 amide bonds. The number of hydrogen-bond donors (Lipinski definition) is 2. The summed E-state index contributed by atoms with van der Waals surface area (Å²) in [6.45, 7) is 0.576. The van der Waals surface area contributed by atoms with E-state index in [0.717, 1.165) is 37.7 Å². The number of carbonyl (C=O) groups is 1. The fourth-order valence-corrected chi connectivity index (χ4v) is 2.79. The number of benzene rings is 1. The molecule has 4 heteroatoms. The summed E-state index contributed by atoms with van der Waals surface area (Å²) in [6, 6.07) is 6.64. The third-order valence-electron chi connectivity index (χ3n) is 3.84. The molecule has 0 heterocycles. The Hall–Kier alpha value is -1.42. The van der Waals surface area contributed by atoms with Crippen LogP contribution in [0.1, 0.15) is 37.7 Å². The maximum absolute atomic E-state index is 13.1. The van der Waals surface area contributed by atoms with Crippen LogP contribution in [0.5, 0.6) is 0 Å². The molecule has 0 radical (unpaired) electrons. The third kappa shape index (κ3) is 4.03. The maximum atomic E-state index is 13.1. The van der Waals surface area contributed by atoms with Crippen molar-refractivity contribution in [1.29, 1.82) is 0 Å². The van der Waals surface area contributed by atoms with Crippen molar-refractivity contribution in [1.82, 2.24) is 5.32 Å². The van der Waals surface area contributed by atoms with E-state index in [-0.39, 0.29) is 23.7 Å². The Kier molecular flexibility index (Phi) is 4.91. The highest BCUT2D eigenvalue weighted by atomic mass is 19.1. The first-order valence-electron chi connectivity index (χ1n) is 6.94. The highest BCUT2D eigenvalue weighted by Crippen LogP contribution is 2.23. The Morgan fingerprint density at radius 3 is 2.84 bits per heavy atom. The average Bonchev–Trinajstić information content (AvgIpc) is 2.61.